The molecular weight excluding hydrogens is 246 g/mol. The molecule has 0 aliphatic rings. The molecule has 0 saturated carbocycles. The molecule has 0 radical (unpaired) electrons. The number of hydrogen-bond donors (Lipinski definition) is 2. The number of phenolic OH excluding ortho intramolecular Hbond substituents is 1. The van der Waals surface area contributed by atoms with Crippen LogP contribution < -0.4 is 5.73 Å². The van der Waals surface area contributed by atoms with E-state index in [0.717, 1.165) is 5.56 Å². The van der Waals surface area contributed by atoms with Crippen LogP contribution in [0.2, 0.25) is 0 Å². The molecule has 3 rings (SSSR count). The summed E-state index contributed by atoms with van der Waals surface area (Å²) in [6.07, 6.45) is 1.55. The molecular formula is C13H11N3O3. The largest absolute Gasteiger partial charge is 0.505 e. The van der Waals surface area contributed by atoms with Crippen LogP contribution in [0.1, 0.15) is 5.76 Å². The van der Waals surface area contributed by atoms with Crippen LogP contribution in [0.25, 0.3) is 22.8 Å². The highest BCUT2D eigenvalue weighted by Gasteiger charge is 2.17. The van der Waals surface area contributed by atoms with Gasteiger partial charge in [0.1, 0.15) is 5.76 Å². The molecule has 3 N–H and O–H groups in total. The molecule has 0 unspecified atom stereocenters. The van der Waals surface area contributed by atoms with E-state index < -0.39 is 0 Å². The van der Waals surface area contributed by atoms with Crippen molar-refractivity contribution in [2.75, 3.05) is 5.73 Å². The Balaban J connectivity index is 2.07. The highest BCUT2D eigenvalue weighted by Crippen LogP contribution is 2.33. The van der Waals surface area contributed by atoms with Crippen molar-refractivity contribution in [2.45, 2.75) is 6.92 Å². The van der Waals surface area contributed by atoms with Crippen molar-refractivity contribution < 1.29 is 14.0 Å². The first-order valence-electron chi connectivity index (χ1n) is 5.63. The molecule has 0 atom stereocenters. The summed E-state index contributed by atoms with van der Waals surface area (Å²) in [5, 5.41) is 13.7. The quantitative estimate of drug-likeness (QED) is 0.540. The Labute approximate surface area is 108 Å². The number of anilines is 1. The third-order valence-electron chi connectivity index (χ3n) is 2.82. The van der Waals surface area contributed by atoms with Gasteiger partial charge in [0.2, 0.25) is 5.82 Å². The molecule has 3 aromatic rings. The fourth-order valence-corrected chi connectivity index (χ4v) is 1.79. The zero-order valence-electron chi connectivity index (χ0n) is 10.1. The molecule has 6 nitrogen and oxygen atoms in total. The van der Waals surface area contributed by atoms with Gasteiger partial charge in [0.25, 0.3) is 5.89 Å². The molecule has 0 aliphatic carbocycles. The maximum Gasteiger partial charge on any atom is 0.262 e. The molecule has 1 aromatic carbocycles. The maximum atomic E-state index is 9.87. The van der Waals surface area contributed by atoms with E-state index in [1.54, 1.807) is 30.5 Å². The van der Waals surface area contributed by atoms with Crippen LogP contribution in [0.3, 0.4) is 0 Å². The van der Waals surface area contributed by atoms with Gasteiger partial charge in [-0.25, -0.2) is 0 Å². The van der Waals surface area contributed by atoms with Crippen LogP contribution >= 0.6 is 0 Å². The molecule has 19 heavy (non-hydrogen) atoms. The van der Waals surface area contributed by atoms with Gasteiger partial charge in [0.05, 0.1) is 23.1 Å². The summed E-state index contributed by atoms with van der Waals surface area (Å²) < 4.78 is 10.3. The number of rotatable bonds is 2. The van der Waals surface area contributed by atoms with Crippen LogP contribution in [-0.2, 0) is 0 Å². The van der Waals surface area contributed by atoms with Gasteiger partial charge in [0.15, 0.2) is 5.75 Å². The number of hydrogen-bond acceptors (Lipinski definition) is 6. The second-order valence-electron chi connectivity index (χ2n) is 4.06. The van der Waals surface area contributed by atoms with Gasteiger partial charge in [-0.15, -0.1) is 0 Å². The predicted octanol–water partition coefficient (Wildman–Crippen LogP) is 2.59. The van der Waals surface area contributed by atoms with Crippen LogP contribution in [-0.4, -0.2) is 15.2 Å². The molecule has 0 spiro atoms. The van der Waals surface area contributed by atoms with Gasteiger partial charge in [-0.1, -0.05) is 11.2 Å². The van der Waals surface area contributed by atoms with Crippen LogP contribution in [0.15, 0.2) is 39.5 Å². The number of benzene rings is 1. The Bertz CT molecular complexity index is 730. The minimum absolute atomic E-state index is 0.0679. The lowest BCUT2D eigenvalue weighted by Gasteiger charge is -2.01. The van der Waals surface area contributed by atoms with Crippen LogP contribution in [0, 0.1) is 6.92 Å². The van der Waals surface area contributed by atoms with Crippen molar-refractivity contribution in [3.63, 3.8) is 0 Å². The van der Waals surface area contributed by atoms with Gasteiger partial charge in [0, 0.05) is 0 Å². The number of nitrogens with zero attached hydrogens (tertiary/aromatic N) is 2. The summed E-state index contributed by atoms with van der Waals surface area (Å²) in [5.74, 6) is 1.24. The number of aromatic nitrogens is 2. The Morgan fingerprint density at radius 1 is 1.21 bits per heavy atom. The molecule has 96 valence electrons. The number of aryl methyl sites for hydroxylation is 1. The van der Waals surface area contributed by atoms with E-state index >= 15 is 0 Å². The zero-order chi connectivity index (χ0) is 13.4. The summed E-state index contributed by atoms with van der Waals surface area (Å²) in [5.41, 5.74) is 7.04. The summed E-state index contributed by atoms with van der Waals surface area (Å²) >= 11 is 0. The minimum Gasteiger partial charge on any atom is -0.505 e. The van der Waals surface area contributed by atoms with E-state index in [0.29, 0.717) is 17.1 Å². The smallest absolute Gasteiger partial charge is 0.262 e. The van der Waals surface area contributed by atoms with Crippen LogP contribution in [0.5, 0.6) is 5.75 Å². The van der Waals surface area contributed by atoms with E-state index in [2.05, 4.69) is 10.1 Å². The molecule has 0 fully saturated rings. The normalized spacial score (nSPS) is 10.8. The fourth-order valence-electron chi connectivity index (χ4n) is 1.79. The third kappa shape index (κ3) is 1.83. The van der Waals surface area contributed by atoms with E-state index in [1.807, 2.05) is 6.92 Å². The number of para-hydroxylation sites is 1. The molecule has 2 heterocycles. The summed E-state index contributed by atoms with van der Waals surface area (Å²) in [4.78, 5) is 4.23. The number of nitrogen functional groups attached to an aromatic ring is 1. The average molecular weight is 257 g/mol. The van der Waals surface area contributed by atoms with Crippen molar-refractivity contribution >= 4 is 5.69 Å². The summed E-state index contributed by atoms with van der Waals surface area (Å²) in [6, 6.07) is 6.71. The Morgan fingerprint density at radius 3 is 2.79 bits per heavy atom. The molecule has 0 saturated heterocycles. The zero-order valence-corrected chi connectivity index (χ0v) is 10.1. The minimum atomic E-state index is -0.0679. The molecule has 0 amide bonds. The van der Waals surface area contributed by atoms with Gasteiger partial charge in [-0.3, -0.25) is 0 Å². The highest BCUT2D eigenvalue weighted by atomic mass is 16.5. The summed E-state index contributed by atoms with van der Waals surface area (Å²) in [6.45, 7) is 1.81. The number of furan rings is 1. The fraction of sp³-hybridized carbons (Fsp3) is 0.0769. The Kier molecular flexibility index (Phi) is 2.49. The molecule has 0 bridgehead atoms. The second kappa shape index (κ2) is 4.16. The predicted molar refractivity (Wildman–Crippen MR) is 68.3 cm³/mol. The number of nitrogens with two attached hydrogens (primary N) is 1. The standard InChI is InChI=1S/C13H11N3O3/c1-7-8(5-6-18-7)12-15-13(19-16-12)9-3-2-4-10(14)11(9)17/h2-6,17H,14H2,1H3. The summed E-state index contributed by atoms with van der Waals surface area (Å²) in [7, 11) is 0. The monoisotopic (exact) mass is 257 g/mol. The number of phenols is 1. The first-order valence-corrected chi connectivity index (χ1v) is 5.63. The Hall–Kier alpha value is -2.76. The van der Waals surface area contributed by atoms with Gasteiger partial charge >= 0.3 is 0 Å². The van der Waals surface area contributed by atoms with E-state index in [4.69, 9.17) is 14.7 Å². The van der Waals surface area contributed by atoms with Gasteiger partial charge in [-0.05, 0) is 25.1 Å². The van der Waals surface area contributed by atoms with E-state index in [9.17, 15) is 5.11 Å². The van der Waals surface area contributed by atoms with Crippen molar-refractivity contribution in [1.82, 2.24) is 10.1 Å². The van der Waals surface area contributed by atoms with Crippen molar-refractivity contribution in [2.24, 2.45) is 0 Å². The molecule has 0 aliphatic heterocycles. The molecule has 2 aromatic heterocycles. The first kappa shape index (κ1) is 11.3. The topological polar surface area (TPSA) is 98.3 Å². The SMILES string of the molecule is Cc1occc1-c1noc(-c2cccc(N)c2O)n1. The van der Waals surface area contributed by atoms with Crippen molar-refractivity contribution in [1.29, 1.82) is 0 Å². The van der Waals surface area contributed by atoms with E-state index in [-0.39, 0.29) is 17.3 Å². The van der Waals surface area contributed by atoms with Crippen molar-refractivity contribution in [3.8, 4) is 28.6 Å². The van der Waals surface area contributed by atoms with Gasteiger partial charge in [-0.2, -0.15) is 4.98 Å². The van der Waals surface area contributed by atoms with Gasteiger partial charge < -0.3 is 19.8 Å². The lowest BCUT2D eigenvalue weighted by atomic mass is 10.1. The average Bonchev–Trinajstić information content (AvgIpc) is 3.01. The Morgan fingerprint density at radius 2 is 2.05 bits per heavy atom. The van der Waals surface area contributed by atoms with Crippen LogP contribution in [0.4, 0.5) is 5.69 Å². The van der Waals surface area contributed by atoms with E-state index in [1.165, 1.54) is 0 Å². The third-order valence-corrected chi connectivity index (χ3v) is 2.82. The lowest BCUT2D eigenvalue weighted by Crippen LogP contribution is -1.88. The second-order valence-corrected chi connectivity index (χ2v) is 4.06. The maximum absolute atomic E-state index is 9.87. The number of aromatic hydroxyl groups is 1. The lowest BCUT2D eigenvalue weighted by molar-refractivity contribution is 0.426. The van der Waals surface area contributed by atoms with Crippen molar-refractivity contribution in [3.05, 3.63) is 36.3 Å². The first-order chi connectivity index (χ1) is 9.16. The molecule has 6 heteroatoms. The highest BCUT2D eigenvalue weighted by molar-refractivity contribution is 5.72.